The number of rotatable bonds is 11. The van der Waals surface area contributed by atoms with Gasteiger partial charge in [0.05, 0.1) is 12.7 Å². The average Bonchev–Trinajstić information content (AvgIpc) is 2.58. The van der Waals surface area contributed by atoms with Crippen molar-refractivity contribution in [2.75, 3.05) is 6.61 Å². The number of unbranched alkanes of at least 4 members (excludes halogenated alkanes) is 1. The first-order valence-electron chi connectivity index (χ1n) is 8.85. The van der Waals surface area contributed by atoms with E-state index in [2.05, 4.69) is 12.2 Å². The molecule has 0 aliphatic carbocycles. The molecule has 1 rings (SSSR count). The lowest BCUT2D eigenvalue weighted by Crippen LogP contribution is -2.39. The second-order valence-corrected chi connectivity index (χ2v) is 6.16. The normalized spacial score (nSPS) is 15.2. The van der Waals surface area contributed by atoms with Crippen molar-refractivity contribution in [2.45, 2.75) is 64.6 Å². The summed E-state index contributed by atoms with van der Waals surface area (Å²) in [5, 5.41) is 12.7. The number of carbonyl (C=O) groups excluding carboxylic acids is 1. The van der Waals surface area contributed by atoms with Crippen LogP contribution in [-0.2, 0) is 9.53 Å². The standard InChI is InChI=1S/C20H31NO3/c1-4-5-15-24-20(23)19(14-10-9-11-16(2)22)21-17(3)18-12-7-6-8-13-18/h6-10,12-13,16-17,19,21-22H,4-5,11,14-15H2,1-3H3/b10-9+/t16-,17+,19-/m0/s1. The predicted molar refractivity (Wildman–Crippen MR) is 97.7 cm³/mol. The molecule has 1 aromatic rings. The van der Waals surface area contributed by atoms with Crippen molar-refractivity contribution in [3.05, 3.63) is 48.0 Å². The van der Waals surface area contributed by atoms with Crippen molar-refractivity contribution in [3.63, 3.8) is 0 Å². The zero-order valence-corrected chi connectivity index (χ0v) is 15.1. The summed E-state index contributed by atoms with van der Waals surface area (Å²) in [6.45, 7) is 6.32. The van der Waals surface area contributed by atoms with Crippen LogP contribution in [0.25, 0.3) is 0 Å². The van der Waals surface area contributed by atoms with Crippen LogP contribution in [0.2, 0.25) is 0 Å². The van der Waals surface area contributed by atoms with E-state index < -0.39 is 0 Å². The van der Waals surface area contributed by atoms with Gasteiger partial charge in [0, 0.05) is 6.04 Å². The van der Waals surface area contributed by atoms with Crippen LogP contribution >= 0.6 is 0 Å². The zero-order chi connectivity index (χ0) is 17.8. The number of esters is 1. The summed E-state index contributed by atoms with van der Waals surface area (Å²) in [7, 11) is 0. The quantitative estimate of drug-likeness (QED) is 0.368. The van der Waals surface area contributed by atoms with Gasteiger partial charge < -0.3 is 9.84 Å². The Bertz CT molecular complexity index is 485. The van der Waals surface area contributed by atoms with Gasteiger partial charge in [-0.25, -0.2) is 0 Å². The maximum atomic E-state index is 12.3. The summed E-state index contributed by atoms with van der Waals surface area (Å²) >= 11 is 0. The lowest BCUT2D eigenvalue weighted by Gasteiger charge is -2.21. The minimum absolute atomic E-state index is 0.0556. The molecule has 0 amide bonds. The molecule has 134 valence electrons. The Kier molecular flexibility index (Phi) is 10.0. The van der Waals surface area contributed by atoms with Gasteiger partial charge in [-0.2, -0.15) is 0 Å². The second kappa shape index (κ2) is 11.8. The van der Waals surface area contributed by atoms with Crippen molar-refractivity contribution in [1.82, 2.24) is 5.32 Å². The molecule has 0 aliphatic rings. The van der Waals surface area contributed by atoms with Gasteiger partial charge in [-0.05, 0) is 38.7 Å². The third-order valence-corrected chi connectivity index (χ3v) is 3.79. The van der Waals surface area contributed by atoms with Crippen molar-refractivity contribution in [1.29, 1.82) is 0 Å². The van der Waals surface area contributed by atoms with Gasteiger partial charge in [0.25, 0.3) is 0 Å². The van der Waals surface area contributed by atoms with Gasteiger partial charge in [0.15, 0.2) is 0 Å². The van der Waals surface area contributed by atoms with Crippen LogP contribution in [0.4, 0.5) is 0 Å². The van der Waals surface area contributed by atoms with Crippen LogP contribution in [0.1, 0.15) is 58.1 Å². The van der Waals surface area contributed by atoms with Gasteiger partial charge in [-0.1, -0.05) is 55.8 Å². The van der Waals surface area contributed by atoms with Crippen LogP contribution in [0, 0.1) is 0 Å². The lowest BCUT2D eigenvalue weighted by atomic mass is 10.1. The monoisotopic (exact) mass is 333 g/mol. The van der Waals surface area contributed by atoms with E-state index in [1.807, 2.05) is 49.4 Å². The topological polar surface area (TPSA) is 58.6 Å². The van der Waals surface area contributed by atoms with Crippen LogP contribution < -0.4 is 5.32 Å². The SMILES string of the molecule is CCCCOC(=O)[C@H](C/C=C/C[C@H](C)O)N[C@H](C)c1ccccc1. The summed E-state index contributed by atoms with van der Waals surface area (Å²) < 4.78 is 5.37. The second-order valence-electron chi connectivity index (χ2n) is 6.16. The van der Waals surface area contributed by atoms with Crippen molar-refractivity contribution in [3.8, 4) is 0 Å². The highest BCUT2D eigenvalue weighted by atomic mass is 16.5. The van der Waals surface area contributed by atoms with Crippen molar-refractivity contribution >= 4 is 5.97 Å². The average molecular weight is 333 g/mol. The molecule has 0 radical (unpaired) electrons. The van der Waals surface area contributed by atoms with E-state index in [4.69, 9.17) is 4.74 Å². The van der Waals surface area contributed by atoms with Gasteiger partial charge >= 0.3 is 5.97 Å². The van der Waals surface area contributed by atoms with E-state index in [9.17, 15) is 9.90 Å². The molecule has 1 aromatic carbocycles. The summed E-state index contributed by atoms with van der Waals surface area (Å²) in [5.41, 5.74) is 1.14. The van der Waals surface area contributed by atoms with E-state index in [1.165, 1.54) is 0 Å². The molecule has 4 heteroatoms. The fourth-order valence-corrected chi connectivity index (χ4v) is 2.32. The van der Waals surface area contributed by atoms with Crippen molar-refractivity contribution < 1.29 is 14.6 Å². The first-order chi connectivity index (χ1) is 11.5. The van der Waals surface area contributed by atoms with E-state index in [-0.39, 0.29) is 24.2 Å². The number of aliphatic hydroxyl groups is 1. The molecule has 0 unspecified atom stereocenters. The Morgan fingerprint density at radius 2 is 1.88 bits per heavy atom. The highest BCUT2D eigenvalue weighted by molar-refractivity contribution is 5.76. The maximum absolute atomic E-state index is 12.3. The molecule has 0 heterocycles. The summed E-state index contributed by atoms with van der Waals surface area (Å²) in [5.74, 6) is -0.215. The van der Waals surface area contributed by atoms with Gasteiger partial charge in [-0.3, -0.25) is 10.1 Å². The molecule has 0 aromatic heterocycles. The van der Waals surface area contributed by atoms with Crippen LogP contribution in [0.15, 0.2) is 42.5 Å². The molecule has 0 saturated heterocycles. The number of ether oxygens (including phenoxy) is 1. The third kappa shape index (κ3) is 8.27. The Labute approximate surface area is 145 Å². The largest absolute Gasteiger partial charge is 0.465 e. The molecule has 0 spiro atoms. The molecule has 3 atom stereocenters. The number of hydrogen-bond acceptors (Lipinski definition) is 4. The Balaban J connectivity index is 2.65. The van der Waals surface area contributed by atoms with Crippen molar-refractivity contribution in [2.24, 2.45) is 0 Å². The van der Waals surface area contributed by atoms with Gasteiger partial charge in [0.1, 0.15) is 6.04 Å². The van der Waals surface area contributed by atoms with E-state index in [0.29, 0.717) is 19.4 Å². The minimum Gasteiger partial charge on any atom is -0.465 e. The lowest BCUT2D eigenvalue weighted by molar-refractivity contribution is -0.146. The number of carbonyl (C=O) groups is 1. The molecular weight excluding hydrogens is 302 g/mol. The van der Waals surface area contributed by atoms with Crippen LogP contribution in [0.3, 0.4) is 0 Å². The molecule has 2 N–H and O–H groups in total. The minimum atomic E-state index is -0.387. The molecule has 0 aliphatic heterocycles. The Morgan fingerprint density at radius 3 is 2.50 bits per heavy atom. The predicted octanol–water partition coefficient (Wildman–Crippen LogP) is 3.77. The summed E-state index contributed by atoms with van der Waals surface area (Å²) in [4.78, 5) is 12.3. The van der Waals surface area contributed by atoms with Crippen LogP contribution in [0.5, 0.6) is 0 Å². The van der Waals surface area contributed by atoms with E-state index >= 15 is 0 Å². The number of nitrogens with one attached hydrogen (secondary N) is 1. The Hall–Kier alpha value is -1.65. The molecule has 0 saturated carbocycles. The smallest absolute Gasteiger partial charge is 0.323 e. The van der Waals surface area contributed by atoms with E-state index in [1.54, 1.807) is 6.92 Å². The van der Waals surface area contributed by atoms with Gasteiger partial charge in [0.2, 0.25) is 0 Å². The Morgan fingerprint density at radius 1 is 1.21 bits per heavy atom. The first-order valence-corrected chi connectivity index (χ1v) is 8.85. The molecule has 0 bridgehead atoms. The maximum Gasteiger partial charge on any atom is 0.323 e. The first kappa shape index (κ1) is 20.4. The highest BCUT2D eigenvalue weighted by Gasteiger charge is 2.21. The fraction of sp³-hybridized carbons (Fsp3) is 0.550. The molecular formula is C20H31NO3. The number of hydrogen-bond donors (Lipinski definition) is 2. The third-order valence-electron chi connectivity index (χ3n) is 3.79. The zero-order valence-electron chi connectivity index (χ0n) is 15.1. The van der Waals surface area contributed by atoms with E-state index in [0.717, 1.165) is 18.4 Å². The van der Waals surface area contributed by atoms with Gasteiger partial charge in [-0.15, -0.1) is 0 Å². The molecule has 0 fully saturated rings. The summed E-state index contributed by atoms with van der Waals surface area (Å²) in [6.07, 6.45) is 6.49. The molecule has 24 heavy (non-hydrogen) atoms. The molecule has 4 nitrogen and oxygen atoms in total. The fourth-order valence-electron chi connectivity index (χ4n) is 2.32. The van der Waals surface area contributed by atoms with Crippen LogP contribution in [-0.4, -0.2) is 29.8 Å². The number of aliphatic hydroxyl groups excluding tert-OH is 1. The number of benzene rings is 1. The highest BCUT2D eigenvalue weighted by Crippen LogP contribution is 2.14. The summed E-state index contributed by atoms with van der Waals surface area (Å²) in [6, 6.07) is 9.71.